The van der Waals surface area contributed by atoms with Gasteiger partial charge in [0, 0.05) is 49.9 Å². The van der Waals surface area contributed by atoms with E-state index in [9.17, 15) is 19.2 Å². The predicted octanol–water partition coefficient (Wildman–Crippen LogP) is 1.97. The van der Waals surface area contributed by atoms with Crippen molar-refractivity contribution in [2.75, 3.05) is 45.9 Å². The summed E-state index contributed by atoms with van der Waals surface area (Å²) in [4.78, 5) is 66.9. The molecular weight excluding hydrogens is 548 g/mol. The average Bonchev–Trinajstić information content (AvgIpc) is 3.68. The van der Waals surface area contributed by atoms with Crippen molar-refractivity contribution in [1.82, 2.24) is 30.1 Å². The lowest BCUT2D eigenvalue weighted by Gasteiger charge is -2.34. The monoisotopic (exact) mass is 576 g/mol. The Bertz CT molecular complexity index is 1590. The number of piperazine rings is 1. The van der Waals surface area contributed by atoms with Gasteiger partial charge in [0.25, 0.3) is 23.5 Å². The van der Waals surface area contributed by atoms with Crippen LogP contribution in [0.15, 0.2) is 48.1 Å². The number of carbonyl (C=O) groups is 4. The Morgan fingerprint density at radius 2 is 1.83 bits per heavy atom. The first kappa shape index (κ1) is 27.9. The molecule has 3 N–H and O–H groups in total. The van der Waals surface area contributed by atoms with E-state index in [2.05, 4.69) is 20.3 Å². The number of aliphatic hydroxyl groups excluding tert-OH is 1. The number of H-pyrrole nitrogens is 1. The molecule has 0 bridgehead atoms. The lowest BCUT2D eigenvalue weighted by molar-refractivity contribution is -0.127. The number of hydrogen-bond donors (Lipinski definition) is 3. The maximum Gasteiger partial charge on any atom is 0.295 e. The van der Waals surface area contributed by atoms with Crippen molar-refractivity contribution < 1.29 is 29.0 Å². The molecule has 41 heavy (non-hydrogen) atoms. The molecule has 1 saturated heterocycles. The number of carbonyl (C=O) groups excluding carboxylic acids is 4. The van der Waals surface area contributed by atoms with Crippen LogP contribution in [-0.2, 0) is 4.79 Å². The van der Waals surface area contributed by atoms with Gasteiger partial charge < -0.3 is 29.9 Å². The van der Waals surface area contributed by atoms with E-state index < -0.39 is 17.6 Å². The molecule has 0 unspecified atom stereocenters. The van der Waals surface area contributed by atoms with Crippen molar-refractivity contribution in [1.29, 1.82) is 0 Å². The van der Waals surface area contributed by atoms with Crippen molar-refractivity contribution in [3.63, 3.8) is 0 Å². The second-order valence-electron chi connectivity index (χ2n) is 9.15. The van der Waals surface area contributed by atoms with Crippen LogP contribution in [0.3, 0.4) is 0 Å². The number of ketones is 1. The summed E-state index contributed by atoms with van der Waals surface area (Å²) >= 11 is 1.20. The van der Waals surface area contributed by atoms with Crippen LogP contribution in [0.2, 0.25) is 0 Å². The number of thiazole rings is 1. The fourth-order valence-electron chi connectivity index (χ4n) is 4.61. The Balaban J connectivity index is 1.37. The van der Waals surface area contributed by atoms with E-state index in [-0.39, 0.29) is 43.4 Å². The van der Waals surface area contributed by atoms with Gasteiger partial charge in [0.2, 0.25) is 0 Å². The molecule has 1 aliphatic heterocycles. The molecule has 3 amide bonds. The van der Waals surface area contributed by atoms with E-state index in [1.54, 1.807) is 41.5 Å². The highest BCUT2D eigenvalue weighted by Gasteiger charge is 2.31. The molecule has 4 heterocycles. The number of aromatic nitrogens is 3. The molecule has 5 rings (SSSR count). The first-order valence-corrected chi connectivity index (χ1v) is 14.0. The summed E-state index contributed by atoms with van der Waals surface area (Å²) in [5.74, 6) is -1.59. The molecule has 13 heteroatoms. The molecule has 0 saturated carbocycles. The van der Waals surface area contributed by atoms with E-state index in [1.165, 1.54) is 28.6 Å². The number of benzene rings is 1. The second-order valence-corrected chi connectivity index (χ2v) is 10.0. The minimum absolute atomic E-state index is 0.103. The Labute approximate surface area is 239 Å². The van der Waals surface area contributed by atoms with Crippen molar-refractivity contribution in [2.24, 2.45) is 0 Å². The standard InChI is InChI=1S/C28H28N6O6S/c1-2-40-20-15-31-23(26-32-19(16-41-26)25(37)29-8-13-35)22-21(20)18(14-30-22)24(36)28(39)34-11-9-33(10-12-34)27(38)17-6-4-3-5-7-17/h3-7,14-16,30,35H,2,8-13H2,1H3,(H,29,37). The number of nitrogens with zero attached hydrogens (tertiary/aromatic N) is 4. The predicted molar refractivity (Wildman–Crippen MR) is 151 cm³/mol. The highest BCUT2D eigenvalue weighted by molar-refractivity contribution is 7.13. The van der Waals surface area contributed by atoms with Crippen LogP contribution in [-0.4, -0.2) is 99.3 Å². The molecule has 1 aliphatic rings. The fraction of sp³-hybridized carbons (Fsp3) is 0.286. The van der Waals surface area contributed by atoms with Gasteiger partial charge in [0.05, 0.1) is 35.9 Å². The first-order chi connectivity index (χ1) is 19.9. The van der Waals surface area contributed by atoms with Crippen LogP contribution < -0.4 is 10.1 Å². The number of aromatic amines is 1. The molecule has 1 aromatic carbocycles. The molecule has 0 spiro atoms. The summed E-state index contributed by atoms with van der Waals surface area (Å²) in [6, 6.07) is 8.94. The van der Waals surface area contributed by atoms with Gasteiger partial charge in [-0.05, 0) is 19.1 Å². The van der Waals surface area contributed by atoms with Crippen LogP contribution in [0.25, 0.3) is 21.6 Å². The number of amides is 3. The zero-order valence-electron chi connectivity index (χ0n) is 22.3. The summed E-state index contributed by atoms with van der Waals surface area (Å²) in [7, 11) is 0. The van der Waals surface area contributed by atoms with Crippen LogP contribution >= 0.6 is 11.3 Å². The van der Waals surface area contributed by atoms with Crippen molar-refractivity contribution >= 4 is 45.7 Å². The number of hydrogen-bond acceptors (Lipinski definition) is 9. The minimum atomic E-state index is -0.708. The van der Waals surface area contributed by atoms with Crippen molar-refractivity contribution in [3.8, 4) is 16.5 Å². The number of fused-ring (bicyclic) bond motifs is 1. The molecule has 1 fully saturated rings. The third kappa shape index (κ3) is 5.67. The SMILES string of the molecule is CCOc1cnc(-c2nc(C(=O)NCCO)cs2)c2[nH]cc(C(=O)C(=O)N3CCN(C(=O)c4ccccc4)CC3)c12. The highest BCUT2D eigenvalue weighted by atomic mass is 32.1. The molecule has 0 atom stereocenters. The van der Waals surface area contributed by atoms with Gasteiger partial charge >= 0.3 is 0 Å². The summed E-state index contributed by atoms with van der Waals surface area (Å²) < 4.78 is 5.75. The van der Waals surface area contributed by atoms with Gasteiger partial charge in [-0.2, -0.15) is 0 Å². The number of nitrogens with one attached hydrogen (secondary N) is 2. The summed E-state index contributed by atoms with van der Waals surface area (Å²) in [5, 5.41) is 13.9. The largest absolute Gasteiger partial charge is 0.492 e. The van der Waals surface area contributed by atoms with Gasteiger partial charge in [0.1, 0.15) is 22.1 Å². The smallest absolute Gasteiger partial charge is 0.295 e. The summed E-state index contributed by atoms with van der Waals surface area (Å²) in [6.07, 6.45) is 2.92. The summed E-state index contributed by atoms with van der Waals surface area (Å²) in [5.41, 5.74) is 1.73. The van der Waals surface area contributed by atoms with Gasteiger partial charge in [-0.25, -0.2) is 9.97 Å². The number of ether oxygens (including phenoxy) is 1. The lowest BCUT2D eigenvalue weighted by Crippen LogP contribution is -2.52. The first-order valence-electron chi connectivity index (χ1n) is 13.1. The molecule has 212 valence electrons. The topological polar surface area (TPSA) is 158 Å². The molecular formula is C28H28N6O6S. The second kappa shape index (κ2) is 12.3. The number of pyridine rings is 1. The van der Waals surface area contributed by atoms with Gasteiger partial charge in [-0.15, -0.1) is 11.3 Å². The van der Waals surface area contributed by atoms with E-state index in [4.69, 9.17) is 9.84 Å². The maximum atomic E-state index is 13.5. The van der Waals surface area contributed by atoms with Gasteiger partial charge in [0.15, 0.2) is 0 Å². The number of Topliss-reactive ketones (excluding diaryl/α,β-unsaturated/α-hetero) is 1. The quantitative estimate of drug-likeness (QED) is 0.202. The number of aliphatic hydroxyl groups is 1. The molecule has 4 aromatic rings. The fourth-order valence-corrected chi connectivity index (χ4v) is 5.41. The molecule has 3 aromatic heterocycles. The third-order valence-corrected chi connectivity index (χ3v) is 7.47. The van der Waals surface area contributed by atoms with Gasteiger partial charge in [-0.1, -0.05) is 18.2 Å². The Hall–Kier alpha value is -4.62. The Morgan fingerprint density at radius 1 is 1.10 bits per heavy atom. The van der Waals surface area contributed by atoms with E-state index in [1.807, 2.05) is 6.07 Å². The van der Waals surface area contributed by atoms with E-state index >= 15 is 0 Å². The summed E-state index contributed by atoms with van der Waals surface area (Å²) in [6.45, 7) is 3.12. The number of rotatable bonds is 9. The average molecular weight is 577 g/mol. The zero-order valence-corrected chi connectivity index (χ0v) is 23.1. The van der Waals surface area contributed by atoms with Crippen LogP contribution in [0.4, 0.5) is 0 Å². The van der Waals surface area contributed by atoms with E-state index in [0.717, 1.165) is 0 Å². The molecule has 0 aliphatic carbocycles. The van der Waals surface area contributed by atoms with Crippen molar-refractivity contribution in [3.05, 3.63) is 64.9 Å². The zero-order chi connectivity index (χ0) is 28.9. The highest BCUT2D eigenvalue weighted by Crippen LogP contribution is 2.36. The Morgan fingerprint density at radius 3 is 2.54 bits per heavy atom. The maximum absolute atomic E-state index is 13.5. The minimum Gasteiger partial charge on any atom is -0.492 e. The third-order valence-electron chi connectivity index (χ3n) is 6.62. The molecule has 12 nitrogen and oxygen atoms in total. The van der Waals surface area contributed by atoms with E-state index in [0.29, 0.717) is 52.6 Å². The van der Waals surface area contributed by atoms with Crippen molar-refractivity contribution in [2.45, 2.75) is 6.92 Å². The van der Waals surface area contributed by atoms with Crippen LogP contribution in [0.5, 0.6) is 5.75 Å². The van der Waals surface area contributed by atoms with Crippen LogP contribution in [0.1, 0.15) is 38.1 Å². The van der Waals surface area contributed by atoms with Gasteiger partial charge in [-0.3, -0.25) is 19.2 Å². The normalized spacial score (nSPS) is 13.3. The molecule has 0 radical (unpaired) electrons. The Kier molecular flexibility index (Phi) is 8.36. The van der Waals surface area contributed by atoms with Crippen LogP contribution in [0, 0.1) is 0 Å². The lowest BCUT2D eigenvalue weighted by atomic mass is 10.1.